The number of sulfonamides is 1. The molecule has 0 fully saturated rings. The van der Waals surface area contributed by atoms with E-state index in [2.05, 4.69) is 5.32 Å². The number of benzene rings is 3. The van der Waals surface area contributed by atoms with Crippen molar-refractivity contribution in [2.24, 2.45) is 5.92 Å². The SMILES string of the molecule is Cc1ccccc1N(CCCC(=O)N(Cc1ccccc1Cl)[C@H](Cc1ccccc1)C(=O)NCC(C)C)S(C)(=O)=O. The Kier molecular flexibility index (Phi) is 11.8. The molecular weight excluding hydrogens is 558 g/mol. The lowest BCUT2D eigenvalue weighted by Gasteiger charge is -2.32. The largest absolute Gasteiger partial charge is 0.354 e. The van der Waals surface area contributed by atoms with Crippen LogP contribution in [-0.4, -0.2) is 50.5 Å². The number of para-hydroxylation sites is 1. The van der Waals surface area contributed by atoms with Gasteiger partial charge in [-0.25, -0.2) is 8.42 Å². The summed E-state index contributed by atoms with van der Waals surface area (Å²) < 4.78 is 26.7. The van der Waals surface area contributed by atoms with Gasteiger partial charge in [0.1, 0.15) is 6.04 Å². The number of nitrogens with one attached hydrogen (secondary N) is 1. The maximum atomic E-state index is 13.9. The summed E-state index contributed by atoms with van der Waals surface area (Å²) in [5, 5.41) is 3.52. The van der Waals surface area contributed by atoms with Crippen LogP contribution >= 0.6 is 11.6 Å². The minimum Gasteiger partial charge on any atom is -0.354 e. The van der Waals surface area contributed by atoms with E-state index < -0.39 is 16.1 Å². The van der Waals surface area contributed by atoms with Crippen LogP contribution in [0.1, 0.15) is 43.4 Å². The fraction of sp³-hybridized carbons (Fsp3) is 0.375. The fourth-order valence-electron chi connectivity index (χ4n) is 4.61. The first-order valence-corrected chi connectivity index (χ1v) is 16.1. The van der Waals surface area contributed by atoms with Crippen LogP contribution in [0.2, 0.25) is 5.02 Å². The van der Waals surface area contributed by atoms with E-state index in [1.54, 1.807) is 23.1 Å². The van der Waals surface area contributed by atoms with Crippen LogP contribution in [-0.2, 0) is 32.6 Å². The zero-order valence-corrected chi connectivity index (χ0v) is 25.8. The molecule has 0 radical (unpaired) electrons. The molecule has 3 rings (SSSR count). The minimum absolute atomic E-state index is 0.0606. The fourth-order valence-corrected chi connectivity index (χ4v) is 5.83. The third-order valence-corrected chi connectivity index (χ3v) is 8.34. The van der Waals surface area contributed by atoms with Gasteiger partial charge in [0, 0.05) is 37.5 Å². The van der Waals surface area contributed by atoms with Crippen LogP contribution in [0.15, 0.2) is 78.9 Å². The molecule has 0 aliphatic heterocycles. The standard InChI is InChI=1S/C32H40ClN3O4S/c1-24(2)22-34-32(38)30(21-26-14-6-5-7-15-26)35(23-27-16-9-10-17-28(27)33)31(37)19-12-20-36(41(4,39)40)29-18-11-8-13-25(29)3/h5-11,13-18,24,30H,12,19-23H2,1-4H3,(H,34,38)/t30-/m1/s1. The Bertz CT molecular complexity index is 1410. The van der Waals surface area contributed by atoms with Gasteiger partial charge in [0.15, 0.2) is 0 Å². The van der Waals surface area contributed by atoms with E-state index in [1.165, 1.54) is 10.6 Å². The van der Waals surface area contributed by atoms with Crippen molar-refractivity contribution in [3.05, 3.63) is 101 Å². The molecule has 0 saturated heterocycles. The zero-order chi connectivity index (χ0) is 30.0. The third kappa shape index (κ3) is 9.61. The topological polar surface area (TPSA) is 86.8 Å². The van der Waals surface area contributed by atoms with Crippen molar-refractivity contribution >= 4 is 39.1 Å². The van der Waals surface area contributed by atoms with Gasteiger partial charge in [-0.05, 0) is 48.1 Å². The summed E-state index contributed by atoms with van der Waals surface area (Å²) in [6, 6.07) is 23.4. The van der Waals surface area contributed by atoms with Gasteiger partial charge in [-0.3, -0.25) is 13.9 Å². The Morgan fingerprint density at radius 3 is 2.20 bits per heavy atom. The molecule has 0 aliphatic rings. The molecule has 7 nitrogen and oxygen atoms in total. The maximum absolute atomic E-state index is 13.9. The van der Waals surface area contributed by atoms with Crippen molar-refractivity contribution in [1.29, 1.82) is 0 Å². The highest BCUT2D eigenvalue weighted by Gasteiger charge is 2.31. The van der Waals surface area contributed by atoms with E-state index in [1.807, 2.05) is 81.4 Å². The molecule has 1 N–H and O–H groups in total. The van der Waals surface area contributed by atoms with Crippen LogP contribution < -0.4 is 9.62 Å². The summed E-state index contributed by atoms with van der Waals surface area (Å²) in [6.45, 7) is 6.66. The highest BCUT2D eigenvalue weighted by Crippen LogP contribution is 2.24. The zero-order valence-electron chi connectivity index (χ0n) is 24.2. The molecule has 0 bridgehead atoms. The first kappa shape index (κ1) is 32.2. The van der Waals surface area contributed by atoms with E-state index in [4.69, 9.17) is 11.6 Å². The summed E-state index contributed by atoms with van der Waals surface area (Å²) >= 11 is 6.49. The average molecular weight is 598 g/mol. The van der Waals surface area contributed by atoms with E-state index >= 15 is 0 Å². The first-order valence-electron chi connectivity index (χ1n) is 13.8. The molecule has 0 aromatic heterocycles. The number of carbonyl (C=O) groups excluding carboxylic acids is 2. The minimum atomic E-state index is -3.57. The number of aryl methyl sites for hydroxylation is 1. The predicted molar refractivity (Wildman–Crippen MR) is 166 cm³/mol. The van der Waals surface area contributed by atoms with Gasteiger partial charge >= 0.3 is 0 Å². The van der Waals surface area contributed by atoms with E-state index in [-0.39, 0.29) is 43.7 Å². The summed E-state index contributed by atoms with van der Waals surface area (Å²) in [5.41, 5.74) is 3.08. The Morgan fingerprint density at radius 1 is 0.927 bits per heavy atom. The highest BCUT2D eigenvalue weighted by atomic mass is 35.5. The van der Waals surface area contributed by atoms with Gasteiger partial charge in [-0.15, -0.1) is 0 Å². The number of hydrogen-bond acceptors (Lipinski definition) is 4. The maximum Gasteiger partial charge on any atom is 0.243 e. The lowest BCUT2D eigenvalue weighted by atomic mass is 10.0. The van der Waals surface area contributed by atoms with Gasteiger partial charge in [-0.1, -0.05) is 92.2 Å². The van der Waals surface area contributed by atoms with Crippen LogP contribution in [0.5, 0.6) is 0 Å². The van der Waals surface area contributed by atoms with Crippen LogP contribution in [0.25, 0.3) is 0 Å². The third-order valence-electron chi connectivity index (χ3n) is 6.79. The van der Waals surface area contributed by atoms with Crippen molar-refractivity contribution in [3.63, 3.8) is 0 Å². The summed E-state index contributed by atoms with van der Waals surface area (Å²) in [5.74, 6) is -0.239. The molecule has 220 valence electrons. The van der Waals surface area contributed by atoms with Crippen molar-refractivity contribution in [2.45, 2.75) is 52.6 Å². The number of halogens is 1. The van der Waals surface area contributed by atoms with Gasteiger partial charge in [0.2, 0.25) is 21.8 Å². The number of anilines is 1. The Labute approximate surface area is 249 Å². The quantitative estimate of drug-likeness (QED) is 0.262. The van der Waals surface area contributed by atoms with E-state index in [9.17, 15) is 18.0 Å². The number of carbonyl (C=O) groups is 2. The number of rotatable bonds is 14. The number of nitrogens with zero attached hydrogens (tertiary/aromatic N) is 2. The van der Waals surface area contributed by atoms with Gasteiger partial charge < -0.3 is 10.2 Å². The molecule has 41 heavy (non-hydrogen) atoms. The normalized spacial score (nSPS) is 12.1. The van der Waals surface area contributed by atoms with Crippen molar-refractivity contribution < 1.29 is 18.0 Å². The lowest BCUT2D eigenvalue weighted by Crippen LogP contribution is -2.51. The monoisotopic (exact) mass is 597 g/mol. The molecule has 3 aromatic carbocycles. The van der Waals surface area contributed by atoms with Crippen molar-refractivity contribution in [1.82, 2.24) is 10.2 Å². The van der Waals surface area contributed by atoms with E-state index in [0.717, 1.165) is 16.7 Å². The average Bonchev–Trinajstić information content (AvgIpc) is 2.93. The Morgan fingerprint density at radius 2 is 1.56 bits per heavy atom. The lowest BCUT2D eigenvalue weighted by molar-refractivity contribution is -0.141. The summed E-state index contributed by atoms with van der Waals surface area (Å²) in [4.78, 5) is 29.1. The molecule has 0 spiro atoms. The second-order valence-electron chi connectivity index (χ2n) is 10.7. The predicted octanol–water partition coefficient (Wildman–Crippen LogP) is 5.61. The van der Waals surface area contributed by atoms with Gasteiger partial charge in [0.25, 0.3) is 0 Å². The molecule has 0 heterocycles. The van der Waals surface area contributed by atoms with Gasteiger partial charge in [0.05, 0.1) is 11.9 Å². The summed E-state index contributed by atoms with van der Waals surface area (Å²) in [6.07, 6.45) is 1.84. The molecule has 1 atom stereocenters. The molecular formula is C32H40ClN3O4S. The second-order valence-corrected chi connectivity index (χ2v) is 13.0. The van der Waals surface area contributed by atoms with Crippen LogP contribution in [0.4, 0.5) is 5.69 Å². The molecule has 0 aliphatic carbocycles. The van der Waals surface area contributed by atoms with E-state index in [0.29, 0.717) is 23.7 Å². The van der Waals surface area contributed by atoms with Crippen LogP contribution in [0, 0.1) is 12.8 Å². The second kappa shape index (κ2) is 15.0. The molecule has 2 amide bonds. The number of hydrogen-bond donors (Lipinski definition) is 1. The highest BCUT2D eigenvalue weighted by molar-refractivity contribution is 7.92. The molecule has 0 saturated carbocycles. The Hall–Kier alpha value is -3.36. The molecule has 3 aromatic rings. The number of amides is 2. The molecule has 9 heteroatoms. The Balaban J connectivity index is 1.90. The van der Waals surface area contributed by atoms with Crippen molar-refractivity contribution in [3.8, 4) is 0 Å². The molecule has 0 unspecified atom stereocenters. The van der Waals surface area contributed by atoms with Gasteiger partial charge in [-0.2, -0.15) is 0 Å². The van der Waals surface area contributed by atoms with Crippen molar-refractivity contribution in [2.75, 3.05) is 23.7 Å². The first-order chi connectivity index (χ1) is 19.5. The van der Waals surface area contributed by atoms with Crippen LogP contribution in [0.3, 0.4) is 0 Å². The summed E-state index contributed by atoms with van der Waals surface area (Å²) in [7, 11) is -3.57. The smallest absolute Gasteiger partial charge is 0.243 e.